The third-order valence-corrected chi connectivity index (χ3v) is 14.1. The first-order valence-electron chi connectivity index (χ1n) is 12.3. The molecule has 0 nitrogen and oxygen atoms in total. The van der Waals surface area contributed by atoms with E-state index in [1.54, 1.807) is 0 Å². The maximum atomic E-state index is 7.77. The van der Waals surface area contributed by atoms with Crippen LogP contribution in [-0.4, -0.2) is 24.6 Å². The van der Waals surface area contributed by atoms with Crippen LogP contribution in [0.3, 0.4) is 0 Å². The van der Waals surface area contributed by atoms with E-state index in [9.17, 15) is 0 Å². The van der Waals surface area contributed by atoms with Gasteiger partial charge in [-0.05, 0) is 0 Å². The van der Waals surface area contributed by atoms with Gasteiger partial charge in [-0.15, -0.1) is 0 Å². The van der Waals surface area contributed by atoms with Crippen molar-refractivity contribution in [2.24, 2.45) is 0 Å². The first kappa shape index (κ1) is 26.7. The maximum absolute atomic E-state index is 7.77. The Bertz CT molecular complexity index is 264. The van der Waals surface area contributed by atoms with Crippen LogP contribution in [0.5, 0.6) is 0 Å². The van der Waals surface area contributed by atoms with E-state index in [1.807, 2.05) is 0 Å². The quantitative estimate of drug-likeness (QED) is 0.139. The molecule has 0 aromatic carbocycles. The second-order valence-corrected chi connectivity index (χ2v) is 17.3. The SMILES string of the molecule is CCCCCCCP(Cl)(CCC)(CCCCCCC)CCCCCCC. The van der Waals surface area contributed by atoms with Crippen LogP contribution in [-0.2, 0) is 0 Å². The molecule has 0 spiro atoms. The summed E-state index contributed by atoms with van der Waals surface area (Å²) in [6.07, 6.45) is 27.7. The van der Waals surface area contributed by atoms with Crippen molar-refractivity contribution in [2.75, 3.05) is 24.6 Å². The van der Waals surface area contributed by atoms with Crippen molar-refractivity contribution in [1.82, 2.24) is 0 Å². The van der Waals surface area contributed by atoms with Gasteiger partial charge in [-0.1, -0.05) is 0 Å². The van der Waals surface area contributed by atoms with E-state index in [-0.39, 0.29) is 0 Å². The van der Waals surface area contributed by atoms with Gasteiger partial charge in [0, 0.05) is 0 Å². The minimum absolute atomic E-state index is 1.29. The second-order valence-electron chi connectivity index (χ2n) is 8.96. The summed E-state index contributed by atoms with van der Waals surface area (Å²) >= 11 is 7.77. The average Bonchev–Trinajstić information content (AvgIpc) is 2.62. The van der Waals surface area contributed by atoms with Gasteiger partial charge in [0.15, 0.2) is 0 Å². The van der Waals surface area contributed by atoms with E-state index < -0.39 is 5.96 Å². The number of hydrogen-bond donors (Lipinski definition) is 0. The third kappa shape index (κ3) is 13.0. The molecule has 0 N–H and O–H groups in total. The zero-order chi connectivity index (χ0) is 19.6. The Morgan fingerprint density at radius 2 is 0.692 bits per heavy atom. The normalized spacial score (nSPS) is 13.7. The Hall–Kier alpha value is 0.720. The van der Waals surface area contributed by atoms with Gasteiger partial charge in [-0.3, -0.25) is 0 Å². The molecule has 0 aliphatic carbocycles. The van der Waals surface area contributed by atoms with Gasteiger partial charge in [0.25, 0.3) is 0 Å². The summed E-state index contributed by atoms with van der Waals surface area (Å²) in [6.45, 7) is 9.30. The molecule has 0 rings (SSSR count). The molecule has 0 saturated heterocycles. The first-order chi connectivity index (χ1) is 12.5. The van der Waals surface area contributed by atoms with E-state index in [0.717, 1.165) is 0 Å². The Balaban J connectivity index is 4.71. The van der Waals surface area contributed by atoms with Gasteiger partial charge in [-0.25, -0.2) is 0 Å². The van der Waals surface area contributed by atoms with E-state index in [2.05, 4.69) is 27.7 Å². The molecular weight excluding hydrogens is 355 g/mol. The van der Waals surface area contributed by atoms with Crippen molar-refractivity contribution in [3.63, 3.8) is 0 Å². The van der Waals surface area contributed by atoms with Crippen LogP contribution in [0.4, 0.5) is 0 Å². The summed E-state index contributed by atoms with van der Waals surface area (Å²) in [6, 6.07) is 0. The van der Waals surface area contributed by atoms with Gasteiger partial charge in [0.2, 0.25) is 0 Å². The standard InChI is InChI=1S/C24H52ClP/c1-5-9-12-15-18-22-26(25,21-8-4,23-19-16-13-10-6-2)24-20-17-14-11-7-3/h5-24H2,1-4H3. The molecule has 160 valence electrons. The molecule has 0 aliphatic rings. The molecule has 0 bridgehead atoms. The van der Waals surface area contributed by atoms with Crippen LogP contribution >= 0.6 is 17.2 Å². The van der Waals surface area contributed by atoms with Crippen LogP contribution in [0, 0.1) is 0 Å². The minimum atomic E-state index is -1.99. The fraction of sp³-hybridized carbons (Fsp3) is 1.00. The molecule has 0 atom stereocenters. The van der Waals surface area contributed by atoms with Crippen LogP contribution in [0.15, 0.2) is 0 Å². The molecule has 0 radical (unpaired) electrons. The molecular formula is C24H52ClP. The molecule has 0 aromatic rings. The van der Waals surface area contributed by atoms with Crippen LogP contribution in [0.25, 0.3) is 0 Å². The Morgan fingerprint density at radius 1 is 0.385 bits per heavy atom. The number of hydrogen-bond acceptors (Lipinski definition) is 0. The van der Waals surface area contributed by atoms with Gasteiger partial charge < -0.3 is 0 Å². The summed E-state index contributed by atoms with van der Waals surface area (Å²) in [5, 5.41) is 0. The third-order valence-electron chi connectivity index (χ3n) is 6.24. The predicted octanol–water partition coefficient (Wildman–Crippen LogP) is 10.0. The summed E-state index contributed by atoms with van der Waals surface area (Å²) in [4.78, 5) is 0. The van der Waals surface area contributed by atoms with Crippen LogP contribution in [0.1, 0.15) is 130 Å². The summed E-state index contributed by atoms with van der Waals surface area (Å²) in [5.74, 6) is -1.99. The average molecular weight is 407 g/mol. The molecule has 0 saturated carbocycles. The van der Waals surface area contributed by atoms with E-state index in [4.69, 9.17) is 11.2 Å². The molecule has 26 heavy (non-hydrogen) atoms. The van der Waals surface area contributed by atoms with Gasteiger partial charge in [0.05, 0.1) is 0 Å². The Labute approximate surface area is 172 Å². The second kappa shape index (κ2) is 16.7. The zero-order valence-corrected chi connectivity index (χ0v) is 20.6. The molecule has 0 aliphatic heterocycles. The van der Waals surface area contributed by atoms with E-state index in [0.29, 0.717) is 0 Å². The number of rotatable bonds is 20. The van der Waals surface area contributed by atoms with Crippen molar-refractivity contribution in [1.29, 1.82) is 0 Å². The van der Waals surface area contributed by atoms with Crippen molar-refractivity contribution >= 4 is 17.2 Å². The molecule has 0 heterocycles. The van der Waals surface area contributed by atoms with Crippen molar-refractivity contribution in [2.45, 2.75) is 130 Å². The Kier molecular flexibility index (Phi) is 17.1. The van der Waals surface area contributed by atoms with Crippen LogP contribution in [0.2, 0.25) is 0 Å². The predicted molar refractivity (Wildman–Crippen MR) is 129 cm³/mol. The Morgan fingerprint density at radius 3 is 0.962 bits per heavy atom. The van der Waals surface area contributed by atoms with E-state index in [1.165, 1.54) is 127 Å². The first-order valence-corrected chi connectivity index (χ1v) is 16.1. The fourth-order valence-electron chi connectivity index (χ4n) is 4.56. The van der Waals surface area contributed by atoms with Gasteiger partial charge in [0.1, 0.15) is 0 Å². The number of unbranched alkanes of at least 4 members (excludes halogenated alkanes) is 12. The molecule has 2 heteroatoms. The molecule has 0 aromatic heterocycles. The molecule has 0 unspecified atom stereocenters. The van der Waals surface area contributed by atoms with Gasteiger partial charge in [-0.2, -0.15) is 0 Å². The van der Waals surface area contributed by atoms with Crippen molar-refractivity contribution < 1.29 is 0 Å². The molecule has 0 fully saturated rings. The monoisotopic (exact) mass is 406 g/mol. The molecule has 0 amide bonds. The van der Waals surface area contributed by atoms with Crippen molar-refractivity contribution in [3.05, 3.63) is 0 Å². The zero-order valence-electron chi connectivity index (χ0n) is 19.0. The number of halogens is 1. The van der Waals surface area contributed by atoms with Gasteiger partial charge >= 0.3 is 172 Å². The van der Waals surface area contributed by atoms with Crippen molar-refractivity contribution in [3.8, 4) is 0 Å². The fourth-order valence-corrected chi connectivity index (χ4v) is 11.6. The summed E-state index contributed by atoms with van der Waals surface area (Å²) in [7, 11) is 0. The van der Waals surface area contributed by atoms with Crippen LogP contribution < -0.4 is 0 Å². The summed E-state index contributed by atoms with van der Waals surface area (Å²) in [5.41, 5.74) is 0. The van der Waals surface area contributed by atoms with E-state index >= 15 is 0 Å². The topological polar surface area (TPSA) is 0 Å². The summed E-state index contributed by atoms with van der Waals surface area (Å²) < 4.78 is 0.